The van der Waals surface area contributed by atoms with Gasteiger partial charge in [0.1, 0.15) is 5.52 Å². The third-order valence-electron chi connectivity index (χ3n) is 3.08. The van der Waals surface area contributed by atoms with Crippen LogP contribution in [0.15, 0.2) is 46.8 Å². The number of fused-ring (bicyclic) bond motifs is 1. The minimum absolute atomic E-state index is 0.712. The number of hydrogen-bond donors (Lipinski definition) is 1. The molecule has 0 bridgehead atoms. The summed E-state index contributed by atoms with van der Waals surface area (Å²) in [6.07, 6.45) is 2.08. The number of hydrogen-bond acceptors (Lipinski definition) is 4. The second-order valence-corrected chi connectivity index (χ2v) is 6.50. The second-order valence-electron chi connectivity index (χ2n) is 4.32. The summed E-state index contributed by atoms with van der Waals surface area (Å²) in [6, 6.07) is 12.5. The Morgan fingerprint density at radius 2 is 2.00 bits per heavy atom. The van der Waals surface area contributed by atoms with Crippen molar-refractivity contribution in [2.75, 3.05) is 11.6 Å². The lowest BCUT2D eigenvalue weighted by Crippen LogP contribution is -2.00. The van der Waals surface area contributed by atoms with Crippen LogP contribution in [0.3, 0.4) is 0 Å². The van der Waals surface area contributed by atoms with Gasteiger partial charge in [-0.1, -0.05) is 23.7 Å². The van der Waals surface area contributed by atoms with Crippen molar-refractivity contribution in [2.24, 2.45) is 0 Å². The van der Waals surface area contributed by atoms with Crippen molar-refractivity contribution >= 4 is 50.6 Å². The Morgan fingerprint density at radius 3 is 2.75 bits per heavy atom. The summed E-state index contributed by atoms with van der Waals surface area (Å²) >= 11 is 9.64. The SMILES string of the molecule is CSc1ccc(CNc2c(Cl)ccc3scnc23)cc1. The Labute approximate surface area is 131 Å². The van der Waals surface area contributed by atoms with Crippen molar-refractivity contribution < 1.29 is 0 Å². The summed E-state index contributed by atoms with van der Waals surface area (Å²) in [5.41, 5.74) is 4.94. The number of anilines is 1. The molecule has 3 aromatic rings. The van der Waals surface area contributed by atoms with E-state index in [1.165, 1.54) is 10.5 Å². The lowest BCUT2D eigenvalue weighted by Gasteiger charge is -2.09. The fourth-order valence-corrected chi connectivity index (χ4v) is 3.32. The van der Waals surface area contributed by atoms with E-state index in [1.807, 2.05) is 17.6 Å². The van der Waals surface area contributed by atoms with Gasteiger partial charge in [0.25, 0.3) is 0 Å². The summed E-state index contributed by atoms with van der Waals surface area (Å²) in [5, 5.41) is 4.11. The van der Waals surface area contributed by atoms with Crippen LogP contribution in [-0.4, -0.2) is 11.2 Å². The first kappa shape index (κ1) is 13.7. The molecule has 0 radical (unpaired) electrons. The molecule has 0 aliphatic rings. The molecule has 0 spiro atoms. The zero-order chi connectivity index (χ0) is 13.9. The van der Waals surface area contributed by atoms with Gasteiger partial charge in [-0.15, -0.1) is 23.1 Å². The van der Waals surface area contributed by atoms with Crippen LogP contribution in [0.2, 0.25) is 5.02 Å². The number of thiazole rings is 1. The van der Waals surface area contributed by atoms with Crippen molar-refractivity contribution in [3.63, 3.8) is 0 Å². The molecule has 0 saturated carbocycles. The van der Waals surface area contributed by atoms with Crippen LogP contribution in [0.25, 0.3) is 10.2 Å². The molecule has 0 aliphatic carbocycles. The van der Waals surface area contributed by atoms with Crippen molar-refractivity contribution in [1.29, 1.82) is 0 Å². The molecule has 1 heterocycles. The van der Waals surface area contributed by atoms with Gasteiger partial charge in [0.05, 0.1) is 20.9 Å². The van der Waals surface area contributed by atoms with Gasteiger partial charge in [-0.05, 0) is 36.1 Å². The van der Waals surface area contributed by atoms with Gasteiger partial charge in [-0.2, -0.15) is 0 Å². The van der Waals surface area contributed by atoms with Gasteiger partial charge in [-0.25, -0.2) is 4.98 Å². The van der Waals surface area contributed by atoms with E-state index in [0.717, 1.165) is 22.4 Å². The molecule has 20 heavy (non-hydrogen) atoms. The van der Waals surface area contributed by atoms with Crippen molar-refractivity contribution in [3.8, 4) is 0 Å². The molecule has 3 rings (SSSR count). The summed E-state index contributed by atoms with van der Waals surface area (Å²) < 4.78 is 1.15. The maximum absolute atomic E-state index is 6.27. The van der Waals surface area contributed by atoms with E-state index in [1.54, 1.807) is 23.1 Å². The quantitative estimate of drug-likeness (QED) is 0.662. The van der Waals surface area contributed by atoms with E-state index in [4.69, 9.17) is 11.6 Å². The number of aromatic nitrogens is 1. The maximum atomic E-state index is 6.27. The van der Waals surface area contributed by atoms with E-state index in [9.17, 15) is 0 Å². The third-order valence-corrected chi connectivity index (χ3v) is 4.93. The normalized spacial score (nSPS) is 10.9. The highest BCUT2D eigenvalue weighted by molar-refractivity contribution is 7.98. The summed E-state index contributed by atoms with van der Waals surface area (Å²) in [4.78, 5) is 5.66. The van der Waals surface area contributed by atoms with Crippen LogP contribution >= 0.6 is 34.7 Å². The third kappa shape index (κ3) is 2.77. The maximum Gasteiger partial charge on any atom is 0.106 e. The molecule has 0 saturated heterocycles. The molecule has 2 nitrogen and oxygen atoms in total. The van der Waals surface area contributed by atoms with Crippen molar-refractivity contribution in [2.45, 2.75) is 11.4 Å². The fraction of sp³-hybridized carbons (Fsp3) is 0.133. The Bertz CT molecular complexity index is 722. The van der Waals surface area contributed by atoms with Crippen LogP contribution in [0.1, 0.15) is 5.56 Å². The highest BCUT2D eigenvalue weighted by atomic mass is 35.5. The van der Waals surface area contributed by atoms with Crippen LogP contribution in [-0.2, 0) is 6.54 Å². The minimum atomic E-state index is 0.712. The molecule has 0 fully saturated rings. The minimum Gasteiger partial charge on any atom is -0.378 e. The van der Waals surface area contributed by atoms with Crippen molar-refractivity contribution in [3.05, 3.63) is 52.5 Å². The molecule has 5 heteroatoms. The second kappa shape index (κ2) is 6.04. The molecule has 0 amide bonds. The van der Waals surface area contributed by atoms with Crippen LogP contribution in [0, 0.1) is 0 Å². The monoisotopic (exact) mass is 320 g/mol. The molecule has 1 N–H and O–H groups in total. The highest BCUT2D eigenvalue weighted by Gasteiger charge is 2.08. The number of thioether (sulfide) groups is 1. The van der Waals surface area contributed by atoms with Gasteiger partial charge in [0.15, 0.2) is 0 Å². The van der Waals surface area contributed by atoms with Gasteiger partial charge in [-0.3, -0.25) is 0 Å². The van der Waals surface area contributed by atoms with Gasteiger partial charge < -0.3 is 5.32 Å². The first-order valence-electron chi connectivity index (χ1n) is 6.16. The first-order valence-corrected chi connectivity index (χ1v) is 8.64. The van der Waals surface area contributed by atoms with Gasteiger partial charge >= 0.3 is 0 Å². The molecule has 0 aliphatic heterocycles. The van der Waals surface area contributed by atoms with E-state index in [-0.39, 0.29) is 0 Å². The zero-order valence-electron chi connectivity index (χ0n) is 10.9. The Morgan fingerprint density at radius 1 is 1.20 bits per heavy atom. The fourth-order valence-electron chi connectivity index (χ4n) is 2.01. The van der Waals surface area contributed by atoms with E-state index >= 15 is 0 Å². The average Bonchev–Trinajstić information content (AvgIpc) is 2.95. The standard InChI is InChI=1S/C15H13ClN2S2/c1-19-11-4-2-10(3-5-11)8-17-14-12(16)6-7-13-15(14)18-9-20-13/h2-7,9,17H,8H2,1H3. The van der Waals surface area contributed by atoms with Crippen LogP contribution < -0.4 is 5.32 Å². The first-order chi connectivity index (χ1) is 9.78. The van der Waals surface area contributed by atoms with Gasteiger partial charge in [0.2, 0.25) is 0 Å². The molecule has 1 aromatic heterocycles. The van der Waals surface area contributed by atoms with Crippen LogP contribution in [0.5, 0.6) is 0 Å². The van der Waals surface area contributed by atoms with Gasteiger partial charge in [0, 0.05) is 11.4 Å². The molecule has 102 valence electrons. The Kier molecular flexibility index (Phi) is 4.15. The number of rotatable bonds is 4. The average molecular weight is 321 g/mol. The molecule has 2 aromatic carbocycles. The highest BCUT2D eigenvalue weighted by Crippen LogP contribution is 2.32. The summed E-state index contributed by atoms with van der Waals surface area (Å²) in [6.45, 7) is 0.741. The molecular formula is C15H13ClN2S2. The summed E-state index contributed by atoms with van der Waals surface area (Å²) in [5.74, 6) is 0. The predicted molar refractivity (Wildman–Crippen MR) is 90.2 cm³/mol. The molecule has 0 atom stereocenters. The topological polar surface area (TPSA) is 24.9 Å². The van der Waals surface area contributed by atoms with E-state index in [2.05, 4.69) is 40.8 Å². The summed E-state index contributed by atoms with van der Waals surface area (Å²) in [7, 11) is 0. The molecule has 0 unspecified atom stereocenters. The van der Waals surface area contributed by atoms with Crippen LogP contribution in [0.4, 0.5) is 5.69 Å². The Hall–Kier alpha value is -1.23. The lowest BCUT2D eigenvalue weighted by molar-refractivity contribution is 1.14. The molecular weight excluding hydrogens is 308 g/mol. The number of nitrogens with one attached hydrogen (secondary N) is 1. The number of benzene rings is 2. The number of halogens is 1. The Balaban J connectivity index is 1.82. The largest absolute Gasteiger partial charge is 0.378 e. The zero-order valence-corrected chi connectivity index (χ0v) is 13.3. The lowest BCUT2D eigenvalue weighted by atomic mass is 10.2. The predicted octanol–water partition coefficient (Wildman–Crippen LogP) is 5.28. The van der Waals surface area contributed by atoms with Crippen molar-refractivity contribution in [1.82, 2.24) is 4.98 Å². The smallest absolute Gasteiger partial charge is 0.106 e. The van der Waals surface area contributed by atoms with E-state index in [0.29, 0.717) is 5.02 Å². The number of nitrogens with zero attached hydrogens (tertiary/aromatic N) is 1. The van der Waals surface area contributed by atoms with E-state index < -0.39 is 0 Å².